The number of ether oxygens (including phenoxy) is 2. The van der Waals surface area contributed by atoms with E-state index in [0.717, 1.165) is 79.4 Å². The molecule has 0 amide bonds. The lowest BCUT2D eigenvalue weighted by Crippen LogP contribution is -2.37. The fraction of sp³-hybridized carbons (Fsp3) is 0.519. The van der Waals surface area contributed by atoms with E-state index < -0.39 is 5.97 Å². The molecule has 2 aliphatic carbocycles. The van der Waals surface area contributed by atoms with Crippen LogP contribution in [0, 0.1) is 5.92 Å². The molecule has 6 rings (SSSR count). The highest BCUT2D eigenvalue weighted by molar-refractivity contribution is 5.99. The lowest BCUT2D eigenvalue weighted by atomic mass is 9.82. The zero-order valence-electron chi connectivity index (χ0n) is 19.8. The Morgan fingerprint density at radius 2 is 1.82 bits per heavy atom. The van der Waals surface area contributed by atoms with Crippen LogP contribution in [0.4, 0.5) is 5.69 Å². The van der Waals surface area contributed by atoms with Crippen LogP contribution in [0.15, 0.2) is 36.4 Å². The highest BCUT2D eigenvalue weighted by Crippen LogP contribution is 2.43. The van der Waals surface area contributed by atoms with Gasteiger partial charge in [0.25, 0.3) is 0 Å². The van der Waals surface area contributed by atoms with Crippen LogP contribution in [0.25, 0.3) is 16.7 Å². The summed E-state index contributed by atoms with van der Waals surface area (Å²) in [6.07, 6.45) is 8.49. The van der Waals surface area contributed by atoms with Crippen molar-refractivity contribution in [2.24, 2.45) is 5.92 Å². The average Bonchev–Trinajstić information content (AvgIpc) is 3.61. The number of fused-ring (bicyclic) bond motifs is 1. The number of methoxy groups -OCH3 is 1. The van der Waals surface area contributed by atoms with Crippen molar-refractivity contribution in [3.8, 4) is 5.69 Å². The molecule has 2 aromatic heterocycles. The number of anilines is 1. The Balaban J connectivity index is 1.42. The molecule has 0 unspecified atom stereocenters. The summed E-state index contributed by atoms with van der Waals surface area (Å²) in [6, 6.07) is 12.0. The predicted octanol–water partition coefficient (Wildman–Crippen LogP) is 4.87. The van der Waals surface area contributed by atoms with Gasteiger partial charge in [0, 0.05) is 25.6 Å². The highest BCUT2D eigenvalue weighted by Gasteiger charge is 2.32. The van der Waals surface area contributed by atoms with Crippen molar-refractivity contribution < 1.29 is 14.3 Å². The van der Waals surface area contributed by atoms with Gasteiger partial charge in [0.1, 0.15) is 0 Å². The van der Waals surface area contributed by atoms with Gasteiger partial charge in [-0.3, -0.25) is 0 Å². The standard InChI is InChI=1S/C27H32N4O3/c1-33-27(32)22-16-23(30-14-12-21(13-15-30)34-17-18-10-11-18)24-25(19-6-5-7-19)29-31(26(24)28-22)20-8-3-2-4-9-20/h2-4,8-9,16,18-19,21H,5-7,10-15,17H2,1H3. The number of aromatic nitrogens is 3. The van der Waals surface area contributed by atoms with Crippen molar-refractivity contribution in [2.45, 2.75) is 57.0 Å². The fourth-order valence-electron chi connectivity index (χ4n) is 5.12. The molecule has 3 aromatic rings. The van der Waals surface area contributed by atoms with Crippen molar-refractivity contribution in [3.05, 3.63) is 47.8 Å². The maximum absolute atomic E-state index is 12.6. The van der Waals surface area contributed by atoms with Crippen molar-refractivity contribution in [1.29, 1.82) is 0 Å². The first-order valence-corrected chi connectivity index (χ1v) is 12.6. The molecule has 0 N–H and O–H groups in total. The van der Waals surface area contributed by atoms with E-state index in [1.807, 2.05) is 41.1 Å². The molecule has 178 valence electrons. The number of piperidine rings is 1. The molecule has 7 nitrogen and oxygen atoms in total. The highest BCUT2D eigenvalue weighted by atomic mass is 16.5. The minimum Gasteiger partial charge on any atom is -0.464 e. The second-order valence-electron chi connectivity index (χ2n) is 9.94. The molecule has 1 saturated heterocycles. The van der Waals surface area contributed by atoms with E-state index in [1.54, 1.807) is 0 Å². The van der Waals surface area contributed by atoms with Gasteiger partial charge in [0.05, 0.1) is 35.7 Å². The number of rotatable bonds is 7. The summed E-state index contributed by atoms with van der Waals surface area (Å²) in [5, 5.41) is 6.17. The fourth-order valence-corrected chi connectivity index (χ4v) is 5.12. The molecule has 3 heterocycles. The number of benzene rings is 1. The number of carbonyl (C=O) groups is 1. The van der Waals surface area contributed by atoms with E-state index in [1.165, 1.54) is 26.4 Å². The minimum atomic E-state index is -0.420. The molecule has 0 radical (unpaired) electrons. The van der Waals surface area contributed by atoms with Gasteiger partial charge in [-0.25, -0.2) is 14.5 Å². The Morgan fingerprint density at radius 1 is 1.06 bits per heavy atom. The second kappa shape index (κ2) is 9.02. The number of para-hydroxylation sites is 1. The summed E-state index contributed by atoms with van der Waals surface area (Å²) < 4.78 is 13.2. The van der Waals surface area contributed by atoms with E-state index in [0.29, 0.717) is 17.7 Å². The van der Waals surface area contributed by atoms with Crippen LogP contribution in [0.1, 0.15) is 67.0 Å². The summed E-state index contributed by atoms with van der Waals surface area (Å²) in [6.45, 7) is 2.71. The Morgan fingerprint density at radius 3 is 2.47 bits per heavy atom. The molecule has 3 fully saturated rings. The quantitative estimate of drug-likeness (QED) is 0.469. The third kappa shape index (κ3) is 4.06. The Hall–Kier alpha value is -2.93. The average molecular weight is 461 g/mol. The molecule has 0 bridgehead atoms. The maximum Gasteiger partial charge on any atom is 0.356 e. The van der Waals surface area contributed by atoms with Gasteiger partial charge in [0.15, 0.2) is 11.3 Å². The number of esters is 1. The van der Waals surface area contributed by atoms with Crippen molar-refractivity contribution in [1.82, 2.24) is 14.8 Å². The SMILES string of the molecule is COC(=O)c1cc(N2CCC(OCC3CC3)CC2)c2c(C3CCC3)nn(-c3ccccc3)c2n1. The molecule has 2 saturated carbocycles. The molecule has 1 aliphatic heterocycles. The number of hydrogen-bond donors (Lipinski definition) is 0. The van der Waals surface area contributed by atoms with E-state index in [9.17, 15) is 4.79 Å². The molecule has 0 atom stereocenters. The normalized spacial score (nSPS) is 19.4. The maximum atomic E-state index is 12.6. The van der Waals surface area contributed by atoms with Crippen LogP contribution in [-0.2, 0) is 9.47 Å². The summed E-state index contributed by atoms with van der Waals surface area (Å²) in [5.74, 6) is 0.808. The molecule has 3 aliphatic rings. The second-order valence-corrected chi connectivity index (χ2v) is 9.94. The minimum absolute atomic E-state index is 0.326. The first kappa shape index (κ1) is 21.6. The van der Waals surface area contributed by atoms with Crippen molar-refractivity contribution >= 4 is 22.7 Å². The van der Waals surface area contributed by atoms with Crippen LogP contribution in [0.5, 0.6) is 0 Å². The van der Waals surface area contributed by atoms with Crippen LogP contribution in [-0.4, -0.2) is 53.6 Å². The van der Waals surface area contributed by atoms with Crippen molar-refractivity contribution in [2.75, 3.05) is 31.7 Å². The third-order valence-corrected chi connectivity index (χ3v) is 7.58. The number of carbonyl (C=O) groups excluding carboxylic acids is 1. The summed E-state index contributed by atoms with van der Waals surface area (Å²) >= 11 is 0. The Kier molecular flexibility index (Phi) is 5.73. The van der Waals surface area contributed by atoms with Gasteiger partial charge < -0.3 is 14.4 Å². The van der Waals surface area contributed by atoms with Gasteiger partial charge in [-0.2, -0.15) is 5.10 Å². The largest absolute Gasteiger partial charge is 0.464 e. The van der Waals surface area contributed by atoms with E-state index in [-0.39, 0.29) is 0 Å². The summed E-state index contributed by atoms with van der Waals surface area (Å²) in [7, 11) is 1.41. The van der Waals surface area contributed by atoms with E-state index >= 15 is 0 Å². The van der Waals surface area contributed by atoms with E-state index in [2.05, 4.69) is 4.90 Å². The van der Waals surface area contributed by atoms with Gasteiger partial charge in [-0.1, -0.05) is 24.6 Å². The topological polar surface area (TPSA) is 69.5 Å². The molecular formula is C27H32N4O3. The number of hydrogen-bond acceptors (Lipinski definition) is 6. The summed E-state index contributed by atoms with van der Waals surface area (Å²) in [5.41, 5.74) is 4.17. The van der Waals surface area contributed by atoms with Gasteiger partial charge in [-0.05, 0) is 62.6 Å². The van der Waals surface area contributed by atoms with Crippen LogP contribution in [0.3, 0.4) is 0 Å². The monoisotopic (exact) mass is 460 g/mol. The number of pyridine rings is 1. The predicted molar refractivity (Wildman–Crippen MR) is 131 cm³/mol. The summed E-state index contributed by atoms with van der Waals surface area (Å²) in [4.78, 5) is 19.8. The Bertz CT molecular complexity index is 1180. The molecule has 7 heteroatoms. The molecular weight excluding hydrogens is 428 g/mol. The third-order valence-electron chi connectivity index (χ3n) is 7.58. The van der Waals surface area contributed by atoms with Crippen molar-refractivity contribution in [3.63, 3.8) is 0 Å². The first-order valence-electron chi connectivity index (χ1n) is 12.6. The smallest absolute Gasteiger partial charge is 0.356 e. The van der Waals surface area contributed by atoms with Crippen LogP contribution < -0.4 is 4.90 Å². The zero-order valence-corrected chi connectivity index (χ0v) is 19.8. The van der Waals surface area contributed by atoms with Gasteiger partial charge >= 0.3 is 5.97 Å². The molecule has 1 aromatic carbocycles. The van der Waals surface area contributed by atoms with Gasteiger partial charge in [0.2, 0.25) is 0 Å². The lowest BCUT2D eigenvalue weighted by Gasteiger charge is -2.34. The first-order chi connectivity index (χ1) is 16.7. The van der Waals surface area contributed by atoms with Gasteiger partial charge in [-0.15, -0.1) is 0 Å². The lowest BCUT2D eigenvalue weighted by molar-refractivity contribution is 0.0305. The molecule has 0 spiro atoms. The van der Waals surface area contributed by atoms with Crippen LogP contribution >= 0.6 is 0 Å². The van der Waals surface area contributed by atoms with Crippen LogP contribution in [0.2, 0.25) is 0 Å². The Labute approximate surface area is 200 Å². The molecule has 34 heavy (non-hydrogen) atoms. The zero-order chi connectivity index (χ0) is 23.1. The number of nitrogens with zero attached hydrogens (tertiary/aromatic N) is 4. The van der Waals surface area contributed by atoms with E-state index in [4.69, 9.17) is 19.6 Å².